The summed E-state index contributed by atoms with van der Waals surface area (Å²) in [6, 6.07) is 11.3. The number of nitrogens with zero attached hydrogens (tertiary/aromatic N) is 1. The lowest BCUT2D eigenvalue weighted by Crippen LogP contribution is -2.46. The Balaban J connectivity index is 2.05. The summed E-state index contributed by atoms with van der Waals surface area (Å²) in [4.78, 5) is 2.55. The summed E-state index contributed by atoms with van der Waals surface area (Å²) in [5.74, 6) is 0. The number of morpholine rings is 1. The number of benzene rings is 1. The standard InChI is InChI=1S/C16H26N2O/c1-3-9-17-12-16(15-7-5-4-6-8-15)18-10-11-19-14(2)13-18/h4-8,14,16-17H,3,9-13H2,1-2H3. The van der Waals surface area contributed by atoms with Gasteiger partial charge in [0.05, 0.1) is 12.7 Å². The van der Waals surface area contributed by atoms with Crippen LogP contribution in [0.2, 0.25) is 0 Å². The molecule has 2 unspecified atom stereocenters. The summed E-state index contributed by atoms with van der Waals surface area (Å²) in [5, 5.41) is 3.56. The number of hydrogen-bond acceptors (Lipinski definition) is 3. The molecule has 1 aromatic rings. The predicted octanol–water partition coefficient (Wildman–Crippen LogP) is 2.45. The van der Waals surface area contributed by atoms with E-state index in [1.807, 2.05) is 0 Å². The zero-order valence-electron chi connectivity index (χ0n) is 12.1. The van der Waals surface area contributed by atoms with Crippen LogP contribution in [0.5, 0.6) is 0 Å². The second-order valence-corrected chi connectivity index (χ2v) is 5.31. The maximum absolute atomic E-state index is 5.66. The molecule has 0 bridgehead atoms. The molecular formula is C16H26N2O. The van der Waals surface area contributed by atoms with E-state index in [9.17, 15) is 0 Å². The molecule has 1 fully saturated rings. The topological polar surface area (TPSA) is 24.5 Å². The third-order valence-corrected chi connectivity index (χ3v) is 3.66. The maximum atomic E-state index is 5.66. The van der Waals surface area contributed by atoms with Gasteiger partial charge in [-0.25, -0.2) is 0 Å². The molecule has 0 amide bonds. The van der Waals surface area contributed by atoms with Crippen LogP contribution in [0.4, 0.5) is 0 Å². The molecule has 1 N–H and O–H groups in total. The van der Waals surface area contributed by atoms with E-state index < -0.39 is 0 Å². The van der Waals surface area contributed by atoms with Gasteiger partial charge in [0.2, 0.25) is 0 Å². The molecule has 2 rings (SSSR count). The molecule has 0 aliphatic carbocycles. The Morgan fingerprint density at radius 2 is 2.16 bits per heavy atom. The van der Waals surface area contributed by atoms with Crippen molar-refractivity contribution in [2.75, 3.05) is 32.8 Å². The molecule has 1 aliphatic rings. The van der Waals surface area contributed by atoms with Crippen LogP contribution in [-0.4, -0.2) is 43.8 Å². The molecule has 19 heavy (non-hydrogen) atoms. The van der Waals surface area contributed by atoms with Crippen molar-refractivity contribution in [3.05, 3.63) is 35.9 Å². The second-order valence-electron chi connectivity index (χ2n) is 5.31. The number of nitrogens with one attached hydrogen (secondary N) is 1. The normalized spacial score (nSPS) is 22.3. The van der Waals surface area contributed by atoms with E-state index in [0.29, 0.717) is 12.1 Å². The molecule has 0 aromatic heterocycles. The van der Waals surface area contributed by atoms with Gasteiger partial charge in [-0.15, -0.1) is 0 Å². The van der Waals surface area contributed by atoms with Crippen molar-refractivity contribution in [2.24, 2.45) is 0 Å². The maximum Gasteiger partial charge on any atom is 0.0674 e. The van der Waals surface area contributed by atoms with Gasteiger partial charge in [-0.1, -0.05) is 37.3 Å². The molecule has 1 saturated heterocycles. The SMILES string of the molecule is CCCNCC(c1ccccc1)N1CCOC(C)C1. The van der Waals surface area contributed by atoms with E-state index in [2.05, 4.69) is 54.4 Å². The molecule has 0 spiro atoms. The van der Waals surface area contributed by atoms with Crippen molar-refractivity contribution in [3.63, 3.8) is 0 Å². The van der Waals surface area contributed by atoms with Gasteiger partial charge in [-0.3, -0.25) is 4.90 Å². The highest BCUT2D eigenvalue weighted by molar-refractivity contribution is 5.19. The highest BCUT2D eigenvalue weighted by Gasteiger charge is 2.25. The Bertz CT molecular complexity index is 355. The Labute approximate surface area is 116 Å². The van der Waals surface area contributed by atoms with Crippen molar-refractivity contribution in [2.45, 2.75) is 32.4 Å². The summed E-state index contributed by atoms with van der Waals surface area (Å²) in [7, 11) is 0. The lowest BCUT2D eigenvalue weighted by atomic mass is 10.0. The van der Waals surface area contributed by atoms with Gasteiger partial charge < -0.3 is 10.1 Å². The van der Waals surface area contributed by atoms with Crippen LogP contribution in [0.15, 0.2) is 30.3 Å². The van der Waals surface area contributed by atoms with Crippen LogP contribution in [0.25, 0.3) is 0 Å². The van der Waals surface area contributed by atoms with Crippen LogP contribution in [0.1, 0.15) is 31.9 Å². The average Bonchev–Trinajstić information content (AvgIpc) is 2.45. The zero-order chi connectivity index (χ0) is 13.5. The molecule has 106 valence electrons. The molecule has 0 radical (unpaired) electrons. The zero-order valence-corrected chi connectivity index (χ0v) is 12.1. The van der Waals surface area contributed by atoms with Crippen LogP contribution in [-0.2, 0) is 4.74 Å². The van der Waals surface area contributed by atoms with Crippen molar-refractivity contribution in [1.82, 2.24) is 10.2 Å². The van der Waals surface area contributed by atoms with Gasteiger partial charge in [0.15, 0.2) is 0 Å². The lowest BCUT2D eigenvalue weighted by molar-refractivity contribution is -0.0344. The predicted molar refractivity (Wildman–Crippen MR) is 79.3 cm³/mol. The van der Waals surface area contributed by atoms with E-state index in [0.717, 1.165) is 32.8 Å². The summed E-state index contributed by atoms with van der Waals surface area (Å²) in [5.41, 5.74) is 1.40. The fourth-order valence-electron chi connectivity index (χ4n) is 2.68. The van der Waals surface area contributed by atoms with E-state index in [1.54, 1.807) is 0 Å². The second kappa shape index (κ2) is 7.63. The fourth-order valence-corrected chi connectivity index (χ4v) is 2.68. The van der Waals surface area contributed by atoms with Gasteiger partial charge in [0.1, 0.15) is 0 Å². The number of hydrogen-bond donors (Lipinski definition) is 1. The summed E-state index contributed by atoms with van der Waals surface area (Å²) in [6.45, 7) is 9.37. The summed E-state index contributed by atoms with van der Waals surface area (Å²) < 4.78 is 5.66. The Morgan fingerprint density at radius 1 is 1.37 bits per heavy atom. The van der Waals surface area contributed by atoms with E-state index in [-0.39, 0.29) is 0 Å². The minimum absolute atomic E-state index is 0.339. The Hall–Kier alpha value is -0.900. The van der Waals surface area contributed by atoms with Gasteiger partial charge in [0, 0.05) is 25.7 Å². The van der Waals surface area contributed by atoms with Crippen LogP contribution < -0.4 is 5.32 Å². The third kappa shape index (κ3) is 4.30. The number of rotatable bonds is 6. The first-order valence-electron chi connectivity index (χ1n) is 7.42. The largest absolute Gasteiger partial charge is 0.376 e. The van der Waals surface area contributed by atoms with Crippen LogP contribution >= 0.6 is 0 Å². The lowest BCUT2D eigenvalue weighted by Gasteiger charge is -2.37. The number of ether oxygens (including phenoxy) is 1. The molecule has 1 heterocycles. The molecule has 3 heteroatoms. The van der Waals surface area contributed by atoms with Gasteiger partial charge in [0.25, 0.3) is 0 Å². The highest BCUT2D eigenvalue weighted by Crippen LogP contribution is 2.22. The van der Waals surface area contributed by atoms with Gasteiger partial charge in [-0.2, -0.15) is 0 Å². The van der Waals surface area contributed by atoms with Crippen molar-refractivity contribution >= 4 is 0 Å². The van der Waals surface area contributed by atoms with Crippen LogP contribution in [0.3, 0.4) is 0 Å². The van der Waals surface area contributed by atoms with Crippen LogP contribution in [0, 0.1) is 0 Å². The van der Waals surface area contributed by atoms with Crippen molar-refractivity contribution < 1.29 is 4.74 Å². The van der Waals surface area contributed by atoms with Gasteiger partial charge >= 0.3 is 0 Å². The molecule has 1 aliphatic heterocycles. The van der Waals surface area contributed by atoms with E-state index in [1.165, 1.54) is 12.0 Å². The highest BCUT2D eigenvalue weighted by atomic mass is 16.5. The molecule has 3 nitrogen and oxygen atoms in total. The minimum Gasteiger partial charge on any atom is -0.376 e. The Kier molecular flexibility index (Phi) is 5.83. The quantitative estimate of drug-likeness (QED) is 0.797. The first-order chi connectivity index (χ1) is 9.31. The first-order valence-corrected chi connectivity index (χ1v) is 7.42. The fraction of sp³-hybridized carbons (Fsp3) is 0.625. The average molecular weight is 262 g/mol. The van der Waals surface area contributed by atoms with Crippen molar-refractivity contribution in [1.29, 1.82) is 0 Å². The minimum atomic E-state index is 0.339. The van der Waals surface area contributed by atoms with Crippen molar-refractivity contribution in [3.8, 4) is 0 Å². The first kappa shape index (κ1) is 14.5. The molecule has 1 aromatic carbocycles. The third-order valence-electron chi connectivity index (χ3n) is 3.66. The molecule has 0 saturated carbocycles. The van der Waals surface area contributed by atoms with Gasteiger partial charge in [-0.05, 0) is 25.5 Å². The van der Waals surface area contributed by atoms with E-state index >= 15 is 0 Å². The summed E-state index contributed by atoms with van der Waals surface area (Å²) in [6.07, 6.45) is 1.52. The monoisotopic (exact) mass is 262 g/mol. The van der Waals surface area contributed by atoms with E-state index in [4.69, 9.17) is 4.74 Å². The molecule has 2 atom stereocenters. The smallest absolute Gasteiger partial charge is 0.0674 e. The Morgan fingerprint density at radius 3 is 2.84 bits per heavy atom. The summed E-state index contributed by atoms with van der Waals surface area (Å²) >= 11 is 0. The molecular weight excluding hydrogens is 236 g/mol.